The zero-order valence-electron chi connectivity index (χ0n) is 21.2. The van der Waals surface area contributed by atoms with Gasteiger partial charge in [0.2, 0.25) is 0 Å². The Balaban J connectivity index is 1.70. The van der Waals surface area contributed by atoms with Crippen molar-refractivity contribution in [2.24, 2.45) is 12.0 Å². The molecule has 9 heteroatoms. The first-order chi connectivity index (χ1) is 17.5. The summed E-state index contributed by atoms with van der Waals surface area (Å²) in [6, 6.07) is 9.00. The molecule has 0 bridgehead atoms. The molecular formula is C28H29ClN4O4. The lowest BCUT2D eigenvalue weighted by atomic mass is 9.96. The van der Waals surface area contributed by atoms with Gasteiger partial charge in [0.05, 0.1) is 17.3 Å². The number of rotatable bonds is 6. The van der Waals surface area contributed by atoms with Crippen LogP contribution in [0.2, 0.25) is 5.02 Å². The summed E-state index contributed by atoms with van der Waals surface area (Å²) in [6.45, 7) is 6.61. The van der Waals surface area contributed by atoms with Gasteiger partial charge in [0.1, 0.15) is 11.4 Å². The standard InChI is InChI=1S/C28H29ClN4O4/c1-28(2,3)37-25(27(35)36)24-22(17-8-10-18(29)11-9-17)20-12-14-33(23(20)26(34)31(24)4)16-19-15-32-13-6-5-7-21(32)30-19/h5-14,19,25H,15-16H2,1-4H3,(H,35,36). The molecule has 2 aromatic heterocycles. The van der Waals surface area contributed by atoms with Crippen LogP contribution in [-0.2, 0) is 23.1 Å². The van der Waals surface area contributed by atoms with E-state index in [1.807, 2.05) is 53.4 Å². The summed E-state index contributed by atoms with van der Waals surface area (Å²) in [5.74, 6) is -0.261. The molecule has 4 heterocycles. The lowest BCUT2D eigenvalue weighted by Gasteiger charge is -2.28. The van der Waals surface area contributed by atoms with Crippen LogP contribution in [0.25, 0.3) is 22.0 Å². The van der Waals surface area contributed by atoms with Crippen molar-refractivity contribution in [1.82, 2.24) is 14.0 Å². The molecule has 2 aliphatic rings. The molecule has 1 aromatic carbocycles. The molecule has 37 heavy (non-hydrogen) atoms. The summed E-state index contributed by atoms with van der Waals surface area (Å²) in [5.41, 5.74) is 1.11. The highest BCUT2D eigenvalue weighted by atomic mass is 35.5. The van der Waals surface area contributed by atoms with Gasteiger partial charge in [0.15, 0.2) is 6.10 Å². The van der Waals surface area contributed by atoms with E-state index in [0.717, 1.165) is 17.9 Å². The number of carboxylic acids is 1. The van der Waals surface area contributed by atoms with Crippen LogP contribution in [0.1, 0.15) is 32.6 Å². The van der Waals surface area contributed by atoms with Gasteiger partial charge in [-0.05, 0) is 56.7 Å². The fourth-order valence-electron chi connectivity index (χ4n) is 4.96. The Morgan fingerprint density at radius 3 is 2.59 bits per heavy atom. The van der Waals surface area contributed by atoms with Gasteiger partial charge >= 0.3 is 5.97 Å². The zero-order chi connectivity index (χ0) is 26.5. The molecule has 5 rings (SSSR count). The molecule has 2 aliphatic heterocycles. The Morgan fingerprint density at radius 2 is 1.95 bits per heavy atom. The number of ether oxygens (including phenoxy) is 1. The summed E-state index contributed by atoms with van der Waals surface area (Å²) >= 11 is 6.16. The Bertz CT molecular complexity index is 1520. The number of aromatic nitrogens is 2. The molecule has 0 radical (unpaired) electrons. The first-order valence-corrected chi connectivity index (χ1v) is 12.5. The van der Waals surface area contributed by atoms with Gasteiger partial charge in [0.25, 0.3) is 5.56 Å². The van der Waals surface area contributed by atoms with Crippen molar-refractivity contribution in [1.29, 1.82) is 0 Å². The van der Waals surface area contributed by atoms with E-state index < -0.39 is 17.7 Å². The monoisotopic (exact) mass is 520 g/mol. The molecule has 2 atom stereocenters. The number of nitrogens with zero attached hydrogens (tertiary/aromatic N) is 4. The van der Waals surface area contributed by atoms with Crippen LogP contribution in [-0.4, -0.2) is 49.1 Å². The van der Waals surface area contributed by atoms with Gasteiger partial charge in [-0.2, -0.15) is 0 Å². The Morgan fingerprint density at radius 1 is 1.22 bits per heavy atom. The van der Waals surface area contributed by atoms with Gasteiger partial charge in [-0.15, -0.1) is 0 Å². The molecule has 0 saturated carbocycles. The summed E-state index contributed by atoms with van der Waals surface area (Å²) in [5, 5.41) is 11.4. The molecule has 3 aromatic rings. The van der Waals surface area contributed by atoms with E-state index in [1.165, 1.54) is 4.57 Å². The number of aliphatic carboxylic acids is 1. The third-order valence-electron chi connectivity index (χ3n) is 6.48. The van der Waals surface area contributed by atoms with Crippen LogP contribution in [0.15, 0.2) is 70.7 Å². The largest absolute Gasteiger partial charge is 0.479 e. The van der Waals surface area contributed by atoms with E-state index in [4.69, 9.17) is 21.3 Å². The molecule has 0 saturated heterocycles. The number of hydrogen-bond acceptors (Lipinski definition) is 5. The first kappa shape index (κ1) is 25.0. The lowest BCUT2D eigenvalue weighted by Crippen LogP contribution is -2.33. The molecule has 192 valence electrons. The zero-order valence-corrected chi connectivity index (χ0v) is 21.9. The number of pyridine rings is 1. The molecule has 0 amide bonds. The van der Waals surface area contributed by atoms with E-state index in [2.05, 4.69) is 4.90 Å². The minimum absolute atomic E-state index is 0.0302. The van der Waals surface area contributed by atoms with Crippen LogP contribution >= 0.6 is 11.6 Å². The number of carbonyl (C=O) groups is 1. The lowest BCUT2D eigenvalue weighted by molar-refractivity contribution is -0.161. The molecule has 2 unspecified atom stereocenters. The van der Waals surface area contributed by atoms with E-state index in [1.54, 1.807) is 40.0 Å². The third kappa shape index (κ3) is 4.74. The van der Waals surface area contributed by atoms with Crippen molar-refractivity contribution in [2.75, 3.05) is 6.54 Å². The molecule has 0 fully saturated rings. The molecular weight excluding hydrogens is 492 g/mol. The van der Waals surface area contributed by atoms with Gasteiger partial charge < -0.3 is 23.9 Å². The van der Waals surface area contributed by atoms with Crippen molar-refractivity contribution in [2.45, 2.75) is 45.1 Å². The molecule has 8 nitrogen and oxygen atoms in total. The number of amidine groups is 1. The smallest absolute Gasteiger partial charge is 0.339 e. The normalized spacial score (nSPS) is 17.8. The molecule has 1 N–H and O–H groups in total. The van der Waals surface area contributed by atoms with Crippen LogP contribution in [0.3, 0.4) is 0 Å². The minimum atomic E-state index is -1.35. The Labute approximate surface area is 219 Å². The third-order valence-corrected chi connectivity index (χ3v) is 6.73. The van der Waals surface area contributed by atoms with Crippen LogP contribution < -0.4 is 5.56 Å². The van der Waals surface area contributed by atoms with Crippen LogP contribution in [0.5, 0.6) is 0 Å². The molecule has 0 spiro atoms. The number of halogens is 1. The highest BCUT2D eigenvalue weighted by Crippen LogP contribution is 2.37. The highest BCUT2D eigenvalue weighted by molar-refractivity contribution is 6.30. The number of fused-ring (bicyclic) bond motifs is 2. The Hall–Kier alpha value is -3.62. The predicted molar refractivity (Wildman–Crippen MR) is 145 cm³/mol. The average molecular weight is 521 g/mol. The maximum absolute atomic E-state index is 13.8. The second-order valence-electron chi connectivity index (χ2n) is 10.3. The quantitative estimate of drug-likeness (QED) is 0.506. The Kier molecular flexibility index (Phi) is 6.33. The summed E-state index contributed by atoms with van der Waals surface area (Å²) in [4.78, 5) is 33.2. The number of hydrogen-bond donors (Lipinski definition) is 1. The van der Waals surface area contributed by atoms with Gasteiger partial charge in [-0.3, -0.25) is 9.79 Å². The van der Waals surface area contributed by atoms with Crippen molar-refractivity contribution in [3.8, 4) is 11.1 Å². The summed E-state index contributed by atoms with van der Waals surface area (Å²) < 4.78 is 9.32. The van der Waals surface area contributed by atoms with Gasteiger partial charge in [-0.25, -0.2) is 4.79 Å². The van der Waals surface area contributed by atoms with Gasteiger partial charge in [-0.1, -0.05) is 29.8 Å². The van der Waals surface area contributed by atoms with E-state index in [9.17, 15) is 14.7 Å². The maximum Gasteiger partial charge on any atom is 0.339 e. The fraction of sp³-hybridized carbons (Fsp3) is 0.321. The topological polar surface area (TPSA) is 89.1 Å². The average Bonchev–Trinajstić information content (AvgIpc) is 3.44. The van der Waals surface area contributed by atoms with Crippen molar-refractivity contribution in [3.05, 3.63) is 82.0 Å². The van der Waals surface area contributed by atoms with Gasteiger partial charge in [0, 0.05) is 48.5 Å². The summed E-state index contributed by atoms with van der Waals surface area (Å²) in [6.07, 6.45) is 8.42. The number of benzene rings is 1. The first-order valence-electron chi connectivity index (χ1n) is 12.1. The van der Waals surface area contributed by atoms with Crippen LogP contribution in [0.4, 0.5) is 0 Å². The maximum atomic E-state index is 13.8. The predicted octanol–water partition coefficient (Wildman–Crippen LogP) is 4.77. The minimum Gasteiger partial charge on any atom is -0.479 e. The SMILES string of the molecule is Cn1c(C(OC(C)(C)C)C(=O)O)c(-c2ccc(Cl)cc2)c2ccn(CC3CN4C=CC=CC4=N3)c2c1=O. The molecule has 0 aliphatic carbocycles. The number of carboxylic acid groups (broad SMARTS) is 1. The van der Waals surface area contributed by atoms with Crippen molar-refractivity contribution >= 4 is 34.3 Å². The van der Waals surface area contributed by atoms with E-state index in [0.29, 0.717) is 28.0 Å². The fourth-order valence-corrected chi connectivity index (χ4v) is 5.09. The van der Waals surface area contributed by atoms with Crippen molar-refractivity contribution in [3.63, 3.8) is 0 Å². The van der Waals surface area contributed by atoms with Crippen molar-refractivity contribution < 1.29 is 14.6 Å². The van der Waals surface area contributed by atoms with E-state index in [-0.39, 0.29) is 17.3 Å². The number of allylic oxidation sites excluding steroid dienone is 2. The second kappa shape index (κ2) is 9.36. The highest BCUT2D eigenvalue weighted by Gasteiger charge is 2.34. The summed E-state index contributed by atoms with van der Waals surface area (Å²) in [7, 11) is 1.60. The van der Waals surface area contributed by atoms with Crippen LogP contribution in [0, 0.1) is 0 Å². The second-order valence-corrected chi connectivity index (χ2v) is 10.7. The number of aliphatic imine (C=N–C) groups is 1. The van der Waals surface area contributed by atoms with E-state index >= 15 is 0 Å².